The van der Waals surface area contributed by atoms with Crippen molar-refractivity contribution in [1.82, 2.24) is 20.1 Å². The molecular weight excluding hydrogens is 324 g/mol. The molecule has 0 aliphatic carbocycles. The first-order valence-electron chi connectivity index (χ1n) is 7.62. The molecule has 0 radical (unpaired) electrons. The lowest BCUT2D eigenvalue weighted by molar-refractivity contribution is 0.0944. The van der Waals surface area contributed by atoms with Gasteiger partial charge in [0.2, 0.25) is 0 Å². The summed E-state index contributed by atoms with van der Waals surface area (Å²) in [5, 5.41) is 7.89. The molecule has 0 bridgehead atoms. The number of pyridine rings is 1. The number of halogens is 1. The number of nitrogens with one attached hydrogen (secondary N) is 1. The third-order valence-electron chi connectivity index (χ3n) is 3.66. The number of rotatable bonds is 5. The van der Waals surface area contributed by atoms with Crippen LogP contribution in [0.1, 0.15) is 16.2 Å². The van der Waals surface area contributed by atoms with Crippen LogP contribution in [0.5, 0.6) is 0 Å². The van der Waals surface area contributed by atoms with E-state index in [9.17, 15) is 4.79 Å². The molecule has 3 rings (SSSR count). The van der Waals surface area contributed by atoms with Gasteiger partial charge < -0.3 is 5.32 Å². The van der Waals surface area contributed by atoms with Crippen LogP contribution in [0.2, 0.25) is 5.02 Å². The lowest BCUT2D eigenvalue weighted by atomic mass is 10.1. The van der Waals surface area contributed by atoms with Crippen molar-refractivity contribution in [3.05, 3.63) is 71.1 Å². The minimum absolute atomic E-state index is 0.167. The molecule has 0 aliphatic heterocycles. The predicted molar refractivity (Wildman–Crippen MR) is 93.9 cm³/mol. The van der Waals surface area contributed by atoms with Gasteiger partial charge in [-0.3, -0.25) is 14.5 Å². The van der Waals surface area contributed by atoms with E-state index >= 15 is 0 Å². The molecule has 3 aromatic rings. The number of nitrogens with zero attached hydrogens (tertiary/aromatic N) is 3. The van der Waals surface area contributed by atoms with Gasteiger partial charge in [-0.1, -0.05) is 35.9 Å². The lowest BCUT2D eigenvalue weighted by Gasteiger charge is -2.04. The van der Waals surface area contributed by atoms with E-state index in [-0.39, 0.29) is 5.91 Å². The Morgan fingerprint density at radius 3 is 2.75 bits per heavy atom. The Hall–Kier alpha value is -2.66. The first kappa shape index (κ1) is 16.2. The molecule has 0 atom stereocenters. The highest BCUT2D eigenvalue weighted by Gasteiger charge is 2.15. The zero-order valence-corrected chi connectivity index (χ0v) is 14.0. The molecule has 2 aromatic heterocycles. The fourth-order valence-electron chi connectivity index (χ4n) is 2.42. The molecule has 122 valence electrons. The summed E-state index contributed by atoms with van der Waals surface area (Å²) >= 11 is 6.19. The molecule has 0 saturated heterocycles. The van der Waals surface area contributed by atoms with Crippen LogP contribution in [-0.4, -0.2) is 27.2 Å². The van der Waals surface area contributed by atoms with Crippen LogP contribution in [-0.2, 0) is 13.5 Å². The maximum Gasteiger partial charge on any atom is 0.269 e. The van der Waals surface area contributed by atoms with Gasteiger partial charge >= 0.3 is 0 Å². The van der Waals surface area contributed by atoms with Crippen molar-refractivity contribution >= 4 is 17.5 Å². The summed E-state index contributed by atoms with van der Waals surface area (Å²) < 4.78 is 1.56. The Morgan fingerprint density at radius 2 is 2.00 bits per heavy atom. The van der Waals surface area contributed by atoms with E-state index in [0.717, 1.165) is 11.3 Å². The van der Waals surface area contributed by atoms with E-state index in [1.165, 1.54) is 0 Å². The second-order valence-electron chi connectivity index (χ2n) is 5.35. The number of carbonyl (C=O) groups is 1. The highest BCUT2D eigenvalue weighted by atomic mass is 35.5. The Morgan fingerprint density at radius 1 is 1.21 bits per heavy atom. The second kappa shape index (κ2) is 7.27. The van der Waals surface area contributed by atoms with Crippen molar-refractivity contribution in [1.29, 1.82) is 0 Å². The van der Waals surface area contributed by atoms with Gasteiger partial charge in [-0.15, -0.1) is 0 Å². The fourth-order valence-corrected chi connectivity index (χ4v) is 2.65. The Labute approximate surface area is 145 Å². The standard InChI is InChI=1S/C18H17ClN4O/c1-23-17(12-16(22-23)14-7-2-3-8-15(14)19)18(24)21-11-9-13-6-4-5-10-20-13/h2-8,10,12H,9,11H2,1H3,(H,21,24). The molecule has 6 heteroatoms. The van der Waals surface area contributed by atoms with Crippen molar-refractivity contribution in [2.45, 2.75) is 6.42 Å². The number of aryl methyl sites for hydroxylation is 1. The Kier molecular flexibility index (Phi) is 4.91. The number of aromatic nitrogens is 3. The third-order valence-corrected chi connectivity index (χ3v) is 3.98. The van der Waals surface area contributed by atoms with Gasteiger partial charge in [0, 0.05) is 37.5 Å². The van der Waals surface area contributed by atoms with Crippen molar-refractivity contribution in [3.63, 3.8) is 0 Å². The predicted octanol–water partition coefficient (Wildman–Crippen LogP) is 3.11. The molecule has 2 heterocycles. The van der Waals surface area contributed by atoms with Crippen LogP contribution in [0.25, 0.3) is 11.3 Å². The van der Waals surface area contributed by atoms with Crippen LogP contribution < -0.4 is 5.32 Å². The number of amides is 1. The van der Waals surface area contributed by atoms with Gasteiger partial charge in [0.25, 0.3) is 5.91 Å². The van der Waals surface area contributed by atoms with Crippen LogP contribution in [0.4, 0.5) is 0 Å². The summed E-state index contributed by atoms with van der Waals surface area (Å²) in [7, 11) is 1.74. The second-order valence-corrected chi connectivity index (χ2v) is 5.75. The lowest BCUT2D eigenvalue weighted by Crippen LogP contribution is -2.27. The fraction of sp³-hybridized carbons (Fsp3) is 0.167. The first-order chi connectivity index (χ1) is 11.6. The van der Waals surface area contributed by atoms with Gasteiger partial charge in [0.05, 0.1) is 10.7 Å². The molecule has 5 nitrogen and oxygen atoms in total. The highest BCUT2D eigenvalue weighted by Crippen LogP contribution is 2.26. The summed E-state index contributed by atoms with van der Waals surface area (Å²) in [5.74, 6) is -0.167. The molecule has 0 unspecified atom stereocenters. The third kappa shape index (κ3) is 3.63. The minimum Gasteiger partial charge on any atom is -0.350 e. The number of hydrogen-bond acceptors (Lipinski definition) is 3. The van der Waals surface area contributed by atoms with E-state index in [1.807, 2.05) is 36.4 Å². The Bertz CT molecular complexity index is 845. The van der Waals surface area contributed by atoms with Crippen LogP contribution >= 0.6 is 11.6 Å². The zero-order chi connectivity index (χ0) is 16.9. The molecule has 0 fully saturated rings. The molecule has 1 amide bonds. The summed E-state index contributed by atoms with van der Waals surface area (Å²) in [4.78, 5) is 16.6. The smallest absolute Gasteiger partial charge is 0.269 e. The monoisotopic (exact) mass is 340 g/mol. The maximum absolute atomic E-state index is 12.4. The van der Waals surface area contributed by atoms with Gasteiger partial charge in [0.1, 0.15) is 5.69 Å². The van der Waals surface area contributed by atoms with Gasteiger partial charge in [-0.25, -0.2) is 0 Å². The average molecular weight is 341 g/mol. The number of carbonyl (C=O) groups excluding carboxylic acids is 1. The number of benzene rings is 1. The largest absolute Gasteiger partial charge is 0.350 e. The van der Waals surface area contributed by atoms with E-state index in [1.54, 1.807) is 30.1 Å². The summed E-state index contributed by atoms with van der Waals surface area (Å²) in [5.41, 5.74) is 2.92. The molecule has 0 saturated carbocycles. The SMILES string of the molecule is Cn1nc(-c2ccccc2Cl)cc1C(=O)NCCc1ccccn1. The summed E-state index contributed by atoms with van der Waals surface area (Å²) in [6, 6.07) is 14.9. The zero-order valence-electron chi connectivity index (χ0n) is 13.2. The van der Waals surface area contributed by atoms with E-state index in [0.29, 0.717) is 29.4 Å². The van der Waals surface area contributed by atoms with Crippen molar-refractivity contribution in [2.24, 2.45) is 7.05 Å². The van der Waals surface area contributed by atoms with Crippen molar-refractivity contribution in [2.75, 3.05) is 6.54 Å². The first-order valence-corrected chi connectivity index (χ1v) is 8.00. The van der Waals surface area contributed by atoms with E-state index in [4.69, 9.17) is 11.6 Å². The highest BCUT2D eigenvalue weighted by molar-refractivity contribution is 6.33. The molecule has 24 heavy (non-hydrogen) atoms. The summed E-state index contributed by atoms with van der Waals surface area (Å²) in [6.45, 7) is 0.516. The van der Waals surface area contributed by atoms with Crippen molar-refractivity contribution in [3.8, 4) is 11.3 Å². The maximum atomic E-state index is 12.4. The Balaban J connectivity index is 1.68. The van der Waals surface area contributed by atoms with Gasteiger partial charge in [-0.05, 0) is 24.3 Å². The average Bonchev–Trinajstić information content (AvgIpc) is 2.98. The van der Waals surface area contributed by atoms with Crippen LogP contribution in [0.3, 0.4) is 0 Å². The van der Waals surface area contributed by atoms with E-state index < -0.39 is 0 Å². The molecule has 1 aromatic carbocycles. The quantitative estimate of drug-likeness (QED) is 0.776. The molecule has 0 spiro atoms. The molecule has 1 N–H and O–H groups in total. The minimum atomic E-state index is -0.167. The number of hydrogen-bond donors (Lipinski definition) is 1. The molecule has 0 aliphatic rings. The van der Waals surface area contributed by atoms with Gasteiger partial charge in [-0.2, -0.15) is 5.10 Å². The molecular formula is C18H17ClN4O. The van der Waals surface area contributed by atoms with E-state index in [2.05, 4.69) is 15.4 Å². The topological polar surface area (TPSA) is 59.8 Å². The van der Waals surface area contributed by atoms with Crippen molar-refractivity contribution < 1.29 is 4.79 Å². The normalized spacial score (nSPS) is 10.6. The van der Waals surface area contributed by atoms with Crippen LogP contribution in [0, 0.1) is 0 Å². The van der Waals surface area contributed by atoms with Gasteiger partial charge in [0.15, 0.2) is 0 Å². The van der Waals surface area contributed by atoms with Crippen LogP contribution in [0.15, 0.2) is 54.7 Å². The summed E-state index contributed by atoms with van der Waals surface area (Å²) in [6.07, 6.45) is 2.43.